The lowest BCUT2D eigenvalue weighted by molar-refractivity contribution is -0.133. The molecule has 1 N–H and O–H groups in total. The number of nitrogens with zero attached hydrogens (tertiary/aromatic N) is 4. The van der Waals surface area contributed by atoms with Crippen LogP contribution in [0.3, 0.4) is 0 Å². The topological polar surface area (TPSA) is 71.2 Å². The van der Waals surface area contributed by atoms with Crippen LogP contribution in [-0.4, -0.2) is 44.8 Å². The third-order valence-corrected chi connectivity index (χ3v) is 3.38. The Kier molecular flexibility index (Phi) is 3.66. The maximum absolute atomic E-state index is 10.5. The molecule has 0 saturated carbocycles. The minimum atomic E-state index is -0.835. The molecule has 1 aliphatic heterocycles. The van der Waals surface area contributed by atoms with Crippen molar-refractivity contribution in [3.8, 4) is 0 Å². The fourth-order valence-electron chi connectivity index (χ4n) is 1.73. The van der Waals surface area contributed by atoms with E-state index in [4.69, 9.17) is 5.11 Å². The fourth-order valence-corrected chi connectivity index (χ4v) is 2.38. The molecule has 0 amide bonds. The van der Waals surface area contributed by atoms with E-state index in [9.17, 15) is 4.79 Å². The van der Waals surface area contributed by atoms with Crippen molar-refractivity contribution in [1.82, 2.24) is 14.9 Å². The minimum absolute atomic E-state index is 0.0204. The summed E-state index contributed by atoms with van der Waals surface area (Å²) in [5.41, 5.74) is 0. The highest BCUT2D eigenvalue weighted by Gasteiger charge is 2.15. The van der Waals surface area contributed by atoms with Crippen molar-refractivity contribution in [3.05, 3.63) is 6.33 Å². The Labute approximate surface area is 97.6 Å². The van der Waals surface area contributed by atoms with Crippen molar-refractivity contribution in [2.75, 3.05) is 23.9 Å². The third-order valence-electron chi connectivity index (χ3n) is 2.46. The van der Waals surface area contributed by atoms with Crippen LogP contribution < -0.4 is 5.01 Å². The van der Waals surface area contributed by atoms with E-state index >= 15 is 0 Å². The number of carboxylic acids is 1. The van der Waals surface area contributed by atoms with Gasteiger partial charge in [-0.2, -0.15) is 0 Å². The molecule has 0 aromatic carbocycles. The van der Waals surface area contributed by atoms with E-state index < -0.39 is 5.97 Å². The zero-order valence-electron chi connectivity index (χ0n) is 8.87. The standard InChI is InChI=1S/C9H14N4O2S/c14-8(15)6-16-9-11-10-7-13(9)12-4-2-1-3-5-12/h7H,1-6H2,(H,14,15). The molecule has 7 heteroatoms. The second-order valence-electron chi connectivity index (χ2n) is 3.65. The van der Waals surface area contributed by atoms with Crippen molar-refractivity contribution in [2.45, 2.75) is 24.4 Å². The Bertz CT molecular complexity index is 362. The number of carbonyl (C=O) groups is 1. The van der Waals surface area contributed by atoms with Gasteiger partial charge in [0.05, 0.1) is 5.75 Å². The van der Waals surface area contributed by atoms with Crippen LogP contribution in [-0.2, 0) is 4.79 Å². The van der Waals surface area contributed by atoms with Gasteiger partial charge in [0.15, 0.2) is 0 Å². The summed E-state index contributed by atoms with van der Waals surface area (Å²) in [6.07, 6.45) is 5.24. The second kappa shape index (κ2) is 5.20. The molecule has 0 unspecified atom stereocenters. The zero-order chi connectivity index (χ0) is 11.4. The number of piperidine rings is 1. The summed E-state index contributed by atoms with van der Waals surface area (Å²) in [6.45, 7) is 1.97. The van der Waals surface area contributed by atoms with E-state index in [1.54, 1.807) is 6.33 Å². The van der Waals surface area contributed by atoms with Gasteiger partial charge in [-0.15, -0.1) is 10.2 Å². The maximum atomic E-state index is 10.5. The first-order valence-corrected chi connectivity index (χ1v) is 6.26. The number of thioether (sulfide) groups is 1. The molecule has 2 rings (SSSR count). The monoisotopic (exact) mass is 242 g/mol. The molecule has 88 valence electrons. The molecule has 0 aliphatic carbocycles. The first kappa shape index (κ1) is 11.3. The number of hydrogen-bond acceptors (Lipinski definition) is 5. The predicted octanol–water partition coefficient (Wildman–Crippen LogP) is 0.577. The molecular formula is C9H14N4O2S. The molecule has 1 aromatic heterocycles. The molecule has 1 aliphatic rings. The highest BCUT2D eigenvalue weighted by molar-refractivity contribution is 7.99. The van der Waals surface area contributed by atoms with Gasteiger partial charge in [-0.25, -0.2) is 4.68 Å². The molecule has 2 heterocycles. The Balaban J connectivity index is 2.02. The fraction of sp³-hybridized carbons (Fsp3) is 0.667. The van der Waals surface area contributed by atoms with Gasteiger partial charge in [0.1, 0.15) is 6.33 Å². The van der Waals surface area contributed by atoms with Crippen molar-refractivity contribution >= 4 is 17.7 Å². The normalized spacial score (nSPS) is 16.4. The zero-order valence-corrected chi connectivity index (χ0v) is 9.69. The first-order valence-electron chi connectivity index (χ1n) is 5.27. The highest BCUT2D eigenvalue weighted by atomic mass is 32.2. The van der Waals surface area contributed by atoms with Crippen LogP contribution >= 0.6 is 11.8 Å². The Hall–Kier alpha value is -1.24. The average molecular weight is 242 g/mol. The molecule has 1 aromatic rings. The molecule has 6 nitrogen and oxygen atoms in total. The van der Waals surface area contributed by atoms with Crippen molar-refractivity contribution in [2.24, 2.45) is 0 Å². The van der Waals surface area contributed by atoms with Crippen LogP contribution in [0.5, 0.6) is 0 Å². The molecule has 0 atom stereocenters. The molecular weight excluding hydrogens is 228 g/mol. The number of rotatable bonds is 4. The summed E-state index contributed by atoms with van der Waals surface area (Å²) >= 11 is 1.20. The van der Waals surface area contributed by atoms with Crippen LogP contribution in [0.25, 0.3) is 0 Å². The largest absolute Gasteiger partial charge is 0.481 e. The summed E-state index contributed by atoms with van der Waals surface area (Å²) in [7, 11) is 0. The van der Waals surface area contributed by atoms with Crippen LogP contribution in [0, 0.1) is 0 Å². The molecule has 1 saturated heterocycles. The molecule has 16 heavy (non-hydrogen) atoms. The van der Waals surface area contributed by atoms with Crippen molar-refractivity contribution in [1.29, 1.82) is 0 Å². The number of hydrogen-bond donors (Lipinski definition) is 1. The molecule has 0 spiro atoms. The van der Waals surface area contributed by atoms with Crippen LogP contribution in [0.2, 0.25) is 0 Å². The lowest BCUT2D eigenvalue weighted by Gasteiger charge is -2.29. The van der Waals surface area contributed by atoms with E-state index in [-0.39, 0.29) is 5.75 Å². The summed E-state index contributed by atoms with van der Waals surface area (Å²) in [5.74, 6) is -0.815. The smallest absolute Gasteiger partial charge is 0.313 e. The van der Waals surface area contributed by atoms with E-state index in [0.717, 1.165) is 13.1 Å². The summed E-state index contributed by atoms with van der Waals surface area (Å²) in [6, 6.07) is 0. The number of aliphatic carboxylic acids is 1. The van der Waals surface area contributed by atoms with E-state index in [1.165, 1.54) is 31.0 Å². The molecule has 1 fully saturated rings. The van der Waals surface area contributed by atoms with Gasteiger partial charge < -0.3 is 10.1 Å². The highest BCUT2D eigenvalue weighted by Crippen LogP contribution is 2.17. The summed E-state index contributed by atoms with van der Waals surface area (Å²) in [4.78, 5) is 10.5. The summed E-state index contributed by atoms with van der Waals surface area (Å²) < 4.78 is 1.87. The van der Waals surface area contributed by atoms with Gasteiger partial charge in [-0.05, 0) is 19.3 Å². The lowest BCUT2D eigenvalue weighted by atomic mass is 10.2. The molecule has 0 radical (unpaired) electrons. The third kappa shape index (κ3) is 2.66. The van der Waals surface area contributed by atoms with Crippen molar-refractivity contribution < 1.29 is 9.90 Å². The quantitative estimate of drug-likeness (QED) is 0.779. The number of aromatic nitrogens is 3. The van der Waals surface area contributed by atoms with E-state index in [2.05, 4.69) is 15.2 Å². The van der Waals surface area contributed by atoms with Gasteiger partial charge in [0.2, 0.25) is 5.16 Å². The number of carboxylic acid groups (broad SMARTS) is 1. The maximum Gasteiger partial charge on any atom is 0.313 e. The van der Waals surface area contributed by atoms with E-state index in [1.807, 2.05) is 4.68 Å². The van der Waals surface area contributed by atoms with Gasteiger partial charge in [-0.1, -0.05) is 11.8 Å². The van der Waals surface area contributed by atoms with Crippen LogP contribution in [0.1, 0.15) is 19.3 Å². The average Bonchev–Trinajstić information content (AvgIpc) is 2.75. The Morgan fingerprint density at radius 3 is 2.88 bits per heavy atom. The minimum Gasteiger partial charge on any atom is -0.481 e. The summed E-state index contributed by atoms with van der Waals surface area (Å²) in [5, 5.41) is 19.2. The van der Waals surface area contributed by atoms with Gasteiger partial charge in [0.25, 0.3) is 0 Å². The lowest BCUT2D eigenvalue weighted by Crippen LogP contribution is -2.39. The van der Waals surface area contributed by atoms with E-state index in [0.29, 0.717) is 5.16 Å². The first-order chi connectivity index (χ1) is 7.77. The SMILES string of the molecule is O=C(O)CSc1nncn1N1CCCCC1. The van der Waals surface area contributed by atoms with Crippen LogP contribution in [0.4, 0.5) is 0 Å². The Morgan fingerprint density at radius 2 is 2.19 bits per heavy atom. The van der Waals surface area contributed by atoms with Gasteiger partial charge >= 0.3 is 5.97 Å². The predicted molar refractivity (Wildman–Crippen MR) is 60.2 cm³/mol. The van der Waals surface area contributed by atoms with Gasteiger partial charge in [0, 0.05) is 13.1 Å². The van der Waals surface area contributed by atoms with Crippen molar-refractivity contribution in [3.63, 3.8) is 0 Å². The second-order valence-corrected chi connectivity index (χ2v) is 4.60. The molecule has 0 bridgehead atoms. The van der Waals surface area contributed by atoms with Crippen LogP contribution in [0.15, 0.2) is 11.5 Å². The Morgan fingerprint density at radius 1 is 1.44 bits per heavy atom. The van der Waals surface area contributed by atoms with Gasteiger partial charge in [-0.3, -0.25) is 4.79 Å².